The first kappa shape index (κ1) is 22.0. The molecule has 5 rings (SSSR count). The average Bonchev–Trinajstić information content (AvgIpc) is 3.35. The quantitative estimate of drug-likeness (QED) is 0.425. The van der Waals surface area contributed by atoms with Crippen molar-refractivity contribution in [2.75, 3.05) is 13.1 Å². The Labute approximate surface area is 199 Å². The van der Waals surface area contributed by atoms with Crippen molar-refractivity contribution in [1.29, 1.82) is 0 Å². The first-order valence-electron chi connectivity index (χ1n) is 11.7. The van der Waals surface area contributed by atoms with Crippen LogP contribution in [0.25, 0.3) is 28.1 Å². The lowest BCUT2D eigenvalue weighted by atomic mass is 9.88. The molecule has 34 heavy (non-hydrogen) atoms. The number of nitrogens with one attached hydrogen (secondary N) is 1. The first-order chi connectivity index (χ1) is 16.5. The maximum Gasteiger partial charge on any atom is 0.335 e. The molecule has 6 heteroatoms. The number of benzene rings is 3. The average molecular weight is 453 g/mol. The summed E-state index contributed by atoms with van der Waals surface area (Å²) >= 11 is 0. The second kappa shape index (κ2) is 9.23. The molecule has 2 N–H and O–H groups in total. The highest BCUT2D eigenvalue weighted by Crippen LogP contribution is 2.33. The Morgan fingerprint density at radius 2 is 1.68 bits per heavy atom. The van der Waals surface area contributed by atoms with Crippen LogP contribution < -0.4 is 5.32 Å². The van der Waals surface area contributed by atoms with Gasteiger partial charge < -0.3 is 10.4 Å². The normalized spacial score (nSPS) is 14.3. The fraction of sp³-hybridized carbons (Fsp3) is 0.250. The van der Waals surface area contributed by atoms with Crippen LogP contribution >= 0.6 is 0 Å². The van der Waals surface area contributed by atoms with Gasteiger partial charge in [0.1, 0.15) is 5.69 Å². The van der Waals surface area contributed by atoms with Gasteiger partial charge >= 0.3 is 5.97 Å². The number of carboxylic acid groups (broad SMARTS) is 1. The third-order valence-corrected chi connectivity index (χ3v) is 6.76. The van der Waals surface area contributed by atoms with Gasteiger partial charge in [-0.3, -0.25) is 0 Å². The zero-order valence-corrected chi connectivity index (χ0v) is 19.5. The van der Waals surface area contributed by atoms with E-state index in [1.807, 2.05) is 50.4 Å². The Hall–Kier alpha value is -3.77. The predicted molar refractivity (Wildman–Crippen MR) is 134 cm³/mol. The minimum absolute atomic E-state index is 0.278. The first-order valence-corrected chi connectivity index (χ1v) is 11.7. The second-order valence-corrected chi connectivity index (χ2v) is 9.03. The van der Waals surface area contributed by atoms with E-state index in [0.29, 0.717) is 11.6 Å². The van der Waals surface area contributed by atoms with Crippen LogP contribution in [0.4, 0.5) is 0 Å². The number of hydrogen-bond donors (Lipinski definition) is 2. The van der Waals surface area contributed by atoms with Gasteiger partial charge in [0.05, 0.1) is 17.4 Å². The van der Waals surface area contributed by atoms with E-state index in [9.17, 15) is 9.90 Å². The largest absolute Gasteiger partial charge is 0.478 e. The number of carbonyl (C=O) groups is 1. The lowest BCUT2D eigenvalue weighted by Crippen LogP contribution is -2.26. The summed E-state index contributed by atoms with van der Waals surface area (Å²) < 4.78 is 1.71. The fourth-order valence-corrected chi connectivity index (χ4v) is 4.69. The van der Waals surface area contributed by atoms with Crippen molar-refractivity contribution in [2.24, 2.45) is 0 Å². The van der Waals surface area contributed by atoms with E-state index in [0.717, 1.165) is 53.9 Å². The molecule has 4 aromatic rings. The van der Waals surface area contributed by atoms with Crippen LogP contribution in [-0.2, 0) is 0 Å². The van der Waals surface area contributed by atoms with Gasteiger partial charge in [-0.05, 0) is 92.2 Å². The molecule has 1 fully saturated rings. The van der Waals surface area contributed by atoms with E-state index in [1.54, 1.807) is 10.7 Å². The molecule has 0 unspecified atom stereocenters. The molecule has 0 bridgehead atoms. The van der Waals surface area contributed by atoms with E-state index in [2.05, 4.69) is 39.9 Å². The summed E-state index contributed by atoms with van der Waals surface area (Å²) in [6, 6.07) is 20.3. The number of aryl methyl sites for hydroxylation is 1. The van der Waals surface area contributed by atoms with E-state index >= 15 is 0 Å². The zero-order valence-electron chi connectivity index (χ0n) is 19.5. The standard InChI is InChI=1S/C28H28N4O2/c1-18-3-9-24(10-4-18)32-17-27(30-31-32)23-15-25(19(2)26(16-23)28(33)34)22-7-5-20(6-8-22)21-11-13-29-14-12-21/h3-10,15-17,21,29H,11-14H2,1-2H3,(H,33,34). The van der Waals surface area contributed by atoms with Crippen molar-refractivity contribution >= 4 is 5.97 Å². The molecule has 2 heterocycles. The van der Waals surface area contributed by atoms with Gasteiger partial charge in [-0.2, -0.15) is 0 Å². The van der Waals surface area contributed by atoms with Gasteiger partial charge in [-0.1, -0.05) is 47.2 Å². The lowest BCUT2D eigenvalue weighted by Gasteiger charge is -2.23. The van der Waals surface area contributed by atoms with Crippen LogP contribution in [-0.4, -0.2) is 39.2 Å². The van der Waals surface area contributed by atoms with Crippen molar-refractivity contribution in [3.63, 3.8) is 0 Å². The smallest absolute Gasteiger partial charge is 0.335 e. The summed E-state index contributed by atoms with van der Waals surface area (Å²) in [5.41, 5.74) is 7.72. The van der Waals surface area contributed by atoms with Gasteiger partial charge in [0, 0.05) is 5.56 Å². The van der Waals surface area contributed by atoms with Gasteiger partial charge in [-0.25, -0.2) is 9.48 Å². The van der Waals surface area contributed by atoms with Gasteiger partial charge in [0.2, 0.25) is 0 Å². The molecule has 0 spiro atoms. The number of aromatic nitrogens is 3. The van der Waals surface area contributed by atoms with Crippen LogP contribution in [0.15, 0.2) is 66.9 Å². The molecule has 0 amide bonds. The minimum atomic E-state index is -0.946. The highest BCUT2D eigenvalue weighted by molar-refractivity contribution is 5.94. The minimum Gasteiger partial charge on any atom is -0.478 e. The van der Waals surface area contributed by atoms with Gasteiger partial charge in [0.15, 0.2) is 0 Å². The molecule has 6 nitrogen and oxygen atoms in total. The summed E-state index contributed by atoms with van der Waals surface area (Å²) in [5.74, 6) is -0.369. The fourth-order valence-electron chi connectivity index (χ4n) is 4.69. The van der Waals surface area contributed by atoms with Gasteiger partial charge in [-0.15, -0.1) is 5.10 Å². The van der Waals surface area contributed by atoms with E-state index in [-0.39, 0.29) is 5.56 Å². The number of aromatic carboxylic acids is 1. The van der Waals surface area contributed by atoms with Crippen LogP contribution in [0, 0.1) is 13.8 Å². The molecule has 1 saturated heterocycles. The molecule has 1 aliphatic heterocycles. The van der Waals surface area contributed by atoms with Crippen LogP contribution in [0.3, 0.4) is 0 Å². The summed E-state index contributed by atoms with van der Waals surface area (Å²) in [7, 11) is 0. The lowest BCUT2D eigenvalue weighted by molar-refractivity contribution is 0.0696. The van der Waals surface area contributed by atoms with Crippen LogP contribution in [0.2, 0.25) is 0 Å². The molecular weight excluding hydrogens is 424 g/mol. The summed E-state index contributed by atoms with van der Waals surface area (Å²) in [5, 5.41) is 21.9. The van der Waals surface area contributed by atoms with Crippen molar-refractivity contribution in [1.82, 2.24) is 20.3 Å². The maximum absolute atomic E-state index is 12.1. The molecule has 0 aliphatic carbocycles. The third-order valence-electron chi connectivity index (χ3n) is 6.76. The SMILES string of the molecule is Cc1ccc(-n2cc(-c3cc(C(=O)O)c(C)c(-c4ccc(C5CCNCC5)cc4)c3)nn2)cc1. The number of piperidine rings is 1. The van der Waals surface area contributed by atoms with E-state index in [1.165, 1.54) is 11.1 Å². The monoisotopic (exact) mass is 452 g/mol. The molecular formula is C28H28N4O2. The Bertz CT molecular complexity index is 1320. The van der Waals surface area contributed by atoms with Crippen LogP contribution in [0.1, 0.15) is 45.8 Å². The van der Waals surface area contributed by atoms with E-state index < -0.39 is 5.97 Å². The molecule has 0 saturated carbocycles. The highest BCUT2D eigenvalue weighted by atomic mass is 16.4. The van der Waals surface area contributed by atoms with Crippen molar-refractivity contribution in [2.45, 2.75) is 32.6 Å². The molecule has 172 valence electrons. The number of carboxylic acids is 1. The molecule has 3 aromatic carbocycles. The highest BCUT2D eigenvalue weighted by Gasteiger charge is 2.18. The molecule has 0 atom stereocenters. The molecule has 1 aromatic heterocycles. The summed E-state index contributed by atoms with van der Waals surface area (Å²) in [6.07, 6.45) is 4.13. The van der Waals surface area contributed by atoms with Crippen molar-refractivity contribution < 1.29 is 9.90 Å². The third kappa shape index (κ3) is 4.37. The second-order valence-electron chi connectivity index (χ2n) is 9.03. The van der Waals surface area contributed by atoms with Crippen LogP contribution in [0.5, 0.6) is 0 Å². The maximum atomic E-state index is 12.1. The number of hydrogen-bond acceptors (Lipinski definition) is 4. The van der Waals surface area contributed by atoms with Crippen molar-refractivity contribution in [3.05, 3.63) is 89.1 Å². The number of rotatable bonds is 5. The van der Waals surface area contributed by atoms with E-state index in [4.69, 9.17) is 0 Å². The zero-order chi connectivity index (χ0) is 23.7. The Kier molecular flexibility index (Phi) is 5.99. The predicted octanol–water partition coefficient (Wildman–Crippen LogP) is 5.38. The topological polar surface area (TPSA) is 80.0 Å². The number of nitrogens with zero attached hydrogens (tertiary/aromatic N) is 3. The summed E-state index contributed by atoms with van der Waals surface area (Å²) in [6.45, 7) is 6.01. The van der Waals surface area contributed by atoms with Crippen molar-refractivity contribution in [3.8, 4) is 28.1 Å². The summed E-state index contributed by atoms with van der Waals surface area (Å²) in [4.78, 5) is 12.1. The Balaban J connectivity index is 1.52. The molecule has 0 radical (unpaired) electrons. The Morgan fingerprint density at radius 3 is 2.35 bits per heavy atom. The Morgan fingerprint density at radius 1 is 0.971 bits per heavy atom. The van der Waals surface area contributed by atoms with Gasteiger partial charge in [0.25, 0.3) is 0 Å². The molecule has 1 aliphatic rings.